The number of hydrogen-bond donors (Lipinski definition) is 1. The minimum Gasteiger partial charge on any atom is -0.481 e. The van der Waals surface area contributed by atoms with Gasteiger partial charge >= 0.3 is 0 Å². The lowest BCUT2D eigenvalue weighted by atomic mass is 10.1. The van der Waals surface area contributed by atoms with Crippen molar-refractivity contribution in [1.82, 2.24) is 15.3 Å². The van der Waals surface area contributed by atoms with Crippen molar-refractivity contribution in [3.8, 4) is 5.88 Å². The van der Waals surface area contributed by atoms with Crippen molar-refractivity contribution in [3.63, 3.8) is 0 Å². The number of nitrogens with zero attached hydrogens (tertiary/aromatic N) is 3. The normalized spacial score (nSPS) is 19.5. The average Bonchev–Trinajstić information content (AvgIpc) is 2.47. The molecule has 98 valence electrons. The van der Waals surface area contributed by atoms with Crippen molar-refractivity contribution in [3.05, 3.63) is 11.3 Å². The summed E-state index contributed by atoms with van der Waals surface area (Å²) in [5.41, 5.74) is 2.21. The van der Waals surface area contributed by atoms with Crippen molar-refractivity contribution < 1.29 is 9.47 Å². The summed E-state index contributed by atoms with van der Waals surface area (Å²) in [7, 11) is 1.67. The van der Waals surface area contributed by atoms with Gasteiger partial charge in [-0.25, -0.2) is 4.98 Å². The molecule has 1 N–H and O–H groups in total. The SMILES string of the molecule is COc1nc(N2CCOCC2)nc2c1CCNC2. The van der Waals surface area contributed by atoms with Crippen LogP contribution in [0.4, 0.5) is 5.95 Å². The van der Waals surface area contributed by atoms with Gasteiger partial charge in [0.1, 0.15) is 0 Å². The molecular formula is C12H18N4O2. The highest BCUT2D eigenvalue weighted by Gasteiger charge is 2.21. The minimum atomic E-state index is 0.725. The predicted octanol–water partition coefficient (Wildman–Crippen LogP) is -0.0325. The molecule has 1 saturated heterocycles. The molecule has 0 spiro atoms. The van der Waals surface area contributed by atoms with E-state index in [9.17, 15) is 0 Å². The predicted molar refractivity (Wildman–Crippen MR) is 67.0 cm³/mol. The first kappa shape index (κ1) is 11.7. The first-order valence-corrected chi connectivity index (χ1v) is 6.35. The number of fused-ring (bicyclic) bond motifs is 1. The van der Waals surface area contributed by atoms with E-state index in [1.807, 2.05) is 0 Å². The fourth-order valence-electron chi connectivity index (χ4n) is 2.39. The highest BCUT2D eigenvalue weighted by Crippen LogP contribution is 2.25. The lowest BCUT2D eigenvalue weighted by Crippen LogP contribution is -2.38. The number of hydrogen-bond acceptors (Lipinski definition) is 6. The van der Waals surface area contributed by atoms with Gasteiger partial charge in [0.25, 0.3) is 0 Å². The highest BCUT2D eigenvalue weighted by molar-refractivity contribution is 5.41. The number of aromatic nitrogens is 2. The summed E-state index contributed by atoms with van der Waals surface area (Å²) in [6, 6.07) is 0. The number of anilines is 1. The molecule has 0 unspecified atom stereocenters. The van der Waals surface area contributed by atoms with Crippen LogP contribution in [0.3, 0.4) is 0 Å². The van der Waals surface area contributed by atoms with Gasteiger partial charge in [-0.15, -0.1) is 0 Å². The van der Waals surface area contributed by atoms with E-state index in [1.165, 1.54) is 0 Å². The number of morpholine rings is 1. The fourth-order valence-corrected chi connectivity index (χ4v) is 2.39. The Morgan fingerprint density at radius 3 is 2.89 bits per heavy atom. The molecule has 0 saturated carbocycles. The van der Waals surface area contributed by atoms with E-state index in [4.69, 9.17) is 9.47 Å². The van der Waals surface area contributed by atoms with E-state index in [0.717, 1.165) is 68.9 Å². The Labute approximate surface area is 106 Å². The van der Waals surface area contributed by atoms with Gasteiger partial charge in [-0.1, -0.05) is 0 Å². The van der Waals surface area contributed by atoms with Crippen LogP contribution in [0.15, 0.2) is 0 Å². The van der Waals surface area contributed by atoms with Gasteiger partial charge in [-0.2, -0.15) is 4.98 Å². The van der Waals surface area contributed by atoms with Crippen molar-refractivity contribution in [2.24, 2.45) is 0 Å². The largest absolute Gasteiger partial charge is 0.481 e. The molecular weight excluding hydrogens is 232 g/mol. The second kappa shape index (κ2) is 5.07. The smallest absolute Gasteiger partial charge is 0.229 e. The van der Waals surface area contributed by atoms with Gasteiger partial charge in [0.05, 0.1) is 26.0 Å². The van der Waals surface area contributed by atoms with Crippen molar-refractivity contribution in [1.29, 1.82) is 0 Å². The topological polar surface area (TPSA) is 59.5 Å². The zero-order valence-corrected chi connectivity index (χ0v) is 10.6. The van der Waals surface area contributed by atoms with E-state index in [2.05, 4.69) is 20.2 Å². The quantitative estimate of drug-likeness (QED) is 0.795. The molecule has 0 atom stereocenters. The molecule has 1 fully saturated rings. The summed E-state index contributed by atoms with van der Waals surface area (Å²) in [4.78, 5) is 11.4. The Kier molecular flexibility index (Phi) is 3.29. The first-order chi connectivity index (χ1) is 8.88. The van der Waals surface area contributed by atoms with Gasteiger partial charge in [-0.05, 0) is 13.0 Å². The molecule has 2 aliphatic heterocycles. The molecule has 18 heavy (non-hydrogen) atoms. The molecule has 6 nitrogen and oxygen atoms in total. The lowest BCUT2D eigenvalue weighted by molar-refractivity contribution is 0.122. The van der Waals surface area contributed by atoms with E-state index in [0.29, 0.717) is 0 Å². The van der Waals surface area contributed by atoms with Crippen LogP contribution in [0.5, 0.6) is 5.88 Å². The monoisotopic (exact) mass is 250 g/mol. The van der Waals surface area contributed by atoms with Gasteiger partial charge in [0, 0.05) is 25.2 Å². The number of methoxy groups -OCH3 is 1. The maximum Gasteiger partial charge on any atom is 0.229 e. The first-order valence-electron chi connectivity index (χ1n) is 6.35. The molecule has 0 amide bonds. The van der Waals surface area contributed by atoms with Gasteiger partial charge < -0.3 is 19.7 Å². The molecule has 2 aliphatic rings. The molecule has 3 rings (SSSR count). The minimum absolute atomic E-state index is 0.725. The summed E-state index contributed by atoms with van der Waals surface area (Å²) in [6.07, 6.45) is 0.932. The Morgan fingerprint density at radius 1 is 1.28 bits per heavy atom. The number of rotatable bonds is 2. The maximum absolute atomic E-state index is 5.41. The third-order valence-corrected chi connectivity index (χ3v) is 3.37. The van der Waals surface area contributed by atoms with Gasteiger partial charge in [0.15, 0.2) is 0 Å². The fraction of sp³-hybridized carbons (Fsp3) is 0.667. The van der Waals surface area contributed by atoms with Gasteiger partial charge in [0.2, 0.25) is 11.8 Å². The van der Waals surface area contributed by atoms with Crippen molar-refractivity contribution >= 4 is 5.95 Å². The Morgan fingerprint density at radius 2 is 2.11 bits per heavy atom. The standard InChI is InChI=1S/C12H18N4O2/c1-17-11-9-2-3-13-8-10(9)14-12(15-11)16-4-6-18-7-5-16/h13H,2-8H2,1H3. The Bertz CT molecular complexity index is 415. The molecule has 3 heterocycles. The summed E-state index contributed by atoms with van der Waals surface area (Å²) >= 11 is 0. The Hall–Kier alpha value is -1.40. The molecule has 6 heteroatoms. The molecule has 0 bridgehead atoms. The molecule has 0 aromatic carbocycles. The third kappa shape index (κ3) is 2.13. The molecule has 1 aromatic rings. The summed E-state index contributed by atoms with van der Waals surface area (Å²) in [6.45, 7) is 4.92. The summed E-state index contributed by atoms with van der Waals surface area (Å²) in [5, 5.41) is 3.33. The van der Waals surface area contributed by atoms with Crippen molar-refractivity contribution in [2.75, 3.05) is 44.9 Å². The van der Waals surface area contributed by atoms with E-state index in [1.54, 1.807) is 7.11 Å². The highest BCUT2D eigenvalue weighted by atomic mass is 16.5. The van der Waals surface area contributed by atoms with Crippen LogP contribution in [0, 0.1) is 0 Å². The summed E-state index contributed by atoms with van der Waals surface area (Å²) in [5.74, 6) is 1.49. The number of nitrogens with one attached hydrogen (secondary N) is 1. The van der Waals surface area contributed by atoms with Crippen LogP contribution in [0.1, 0.15) is 11.3 Å². The van der Waals surface area contributed by atoms with Crippen LogP contribution in [-0.4, -0.2) is 49.9 Å². The number of ether oxygens (including phenoxy) is 2. The van der Waals surface area contributed by atoms with Crippen molar-refractivity contribution in [2.45, 2.75) is 13.0 Å². The van der Waals surface area contributed by atoms with E-state index in [-0.39, 0.29) is 0 Å². The average molecular weight is 250 g/mol. The van der Waals surface area contributed by atoms with Crippen LogP contribution < -0.4 is 15.0 Å². The van der Waals surface area contributed by atoms with E-state index < -0.39 is 0 Å². The van der Waals surface area contributed by atoms with E-state index >= 15 is 0 Å². The Balaban J connectivity index is 1.94. The van der Waals surface area contributed by atoms with Gasteiger partial charge in [-0.3, -0.25) is 0 Å². The second-order valence-electron chi connectivity index (χ2n) is 4.48. The third-order valence-electron chi connectivity index (χ3n) is 3.37. The van der Waals surface area contributed by atoms with Crippen LogP contribution >= 0.6 is 0 Å². The second-order valence-corrected chi connectivity index (χ2v) is 4.48. The zero-order valence-electron chi connectivity index (χ0n) is 10.6. The zero-order chi connectivity index (χ0) is 12.4. The van der Waals surface area contributed by atoms with Crippen LogP contribution in [0.2, 0.25) is 0 Å². The van der Waals surface area contributed by atoms with Crippen LogP contribution in [-0.2, 0) is 17.7 Å². The maximum atomic E-state index is 5.41. The molecule has 0 aliphatic carbocycles. The lowest BCUT2D eigenvalue weighted by Gasteiger charge is -2.28. The molecule has 1 aromatic heterocycles. The van der Waals surface area contributed by atoms with Crippen LogP contribution in [0.25, 0.3) is 0 Å². The summed E-state index contributed by atoms with van der Waals surface area (Å²) < 4.78 is 10.8. The molecule has 0 radical (unpaired) electrons.